The third-order valence-corrected chi connectivity index (χ3v) is 6.04. The van der Waals surface area contributed by atoms with Crippen molar-refractivity contribution >= 4 is 23.3 Å². The highest BCUT2D eigenvalue weighted by atomic mass is 16.5. The number of aliphatic carboxylic acids is 1. The topological polar surface area (TPSA) is 78.9 Å². The molecule has 1 aliphatic carbocycles. The highest BCUT2D eigenvalue weighted by molar-refractivity contribution is 6.00. The zero-order chi connectivity index (χ0) is 19.7. The molecule has 1 unspecified atom stereocenters. The molecule has 2 aromatic rings. The molecule has 4 rings (SSSR count). The molecular weight excluding hydrogens is 356 g/mol. The molecule has 1 aliphatic heterocycles. The van der Waals surface area contributed by atoms with Gasteiger partial charge in [0.25, 0.3) is 5.91 Å². The second-order valence-electron chi connectivity index (χ2n) is 7.65. The van der Waals surface area contributed by atoms with Crippen LogP contribution in [0.15, 0.2) is 48.5 Å². The van der Waals surface area contributed by atoms with Crippen LogP contribution in [0.2, 0.25) is 0 Å². The van der Waals surface area contributed by atoms with E-state index in [0.717, 1.165) is 36.4 Å². The zero-order valence-electron chi connectivity index (χ0n) is 15.9. The molecule has 1 atom stereocenters. The highest BCUT2D eigenvalue weighted by Crippen LogP contribution is 2.59. The van der Waals surface area contributed by atoms with Gasteiger partial charge in [-0.15, -0.1) is 0 Å². The van der Waals surface area contributed by atoms with Gasteiger partial charge >= 0.3 is 5.97 Å². The molecule has 28 heavy (non-hydrogen) atoms. The van der Waals surface area contributed by atoms with Gasteiger partial charge in [0.1, 0.15) is 5.75 Å². The molecule has 0 bridgehead atoms. The number of piperidine rings is 1. The second-order valence-corrected chi connectivity index (χ2v) is 7.65. The Morgan fingerprint density at radius 2 is 1.89 bits per heavy atom. The van der Waals surface area contributed by atoms with Crippen LogP contribution in [0.5, 0.6) is 5.75 Å². The van der Waals surface area contributed by atoms with E-state index in [9.17, 15) is 14.7 Å². The summed E-state index contributed by atoms with van der Waals surface area (Å²) in [5.74, 6) is -0.208. The van der Waals surface area contributed by atoms with E-state index in [2.05, 4.69) is 5.32 Å². The monoisotopic (exact) mass is 380 g/mol. The fourth-order valence-corrected chi connectivity index (χ4v) is 4.21. The number of methoxy groups -OCH3 is 1. The van der Waals surface area contributed by atoms with Gasteiger partial charge in [0.2, 0.25) is 0 Å². The zero-order valence-corrected chi connectivity index (χ0v) is 15.9. The molecule has 2 fully saturated rings. The van der Waals surface area contributed by atoms with E-state index in [0.29, 0.717) is 18.7 Å². The van der Waals surface area contributed by atoms with E-state index in [4.69, 9.17) is 4.74 Å². The van der Waals surface area contributed by atoms with Crippen LogP contribution in [-0.4, -0.2) is 42.1 Å². The van der Waals surface area contributed by atoms with Crippen molar-refractivity contribution in [3.8, 4) is 5.75 Å². The summed E-state index contributed by atoms with van der Waals surface area (Å²) in [4.78, 5) is 26.2. The fourth-order valence-electron chi connectivity index (χ4n) is 4.21. The van der Waals surface area contributed by atoms with Crippen LogP contribution < -0.4 is 10.1 Å². The number of carboxylic acid groups (broad SMARTS) is 1. The number of nitrogens with one attached hydrogen (secondary N) is 1. The summed E-state index contributed by atoms with van der Waals surface area (Å²) in [5.41, 5.74) is 2.13. The van der Waals surface area contributed by atoms with Crippen LogP contribution in [0.1, 0.15) is 29.6 Å². The van der Waals surface area contributed by atoms with Gasteiger partial charge in [-0.1, -0.05) is 18.2 Å². The molecule has 1 heterocycles. The normalized spacial score (nSPS) is 19.9. The summed E-state index contributed by atoms with van der Waals surface area (Å²) in [6, 6.07) is 15.0. The van der Waals surface area contributed by atoms with E-state index in [1.165, 1.54) is 0 Å². The van der Waals surface area contributed by atoms with Crippen molar-refractivity contribution in [2.45, 2.75) is 19.3 Å². The number of carboxylic acids is 1. The minimum atomic E-state index is -0.701. The van der Waals surface area contributed by atoms with E-state index < -0.39 is 5.97 Å². The maximum absolute atomic E-state index is 13.1. The Hall–Kier alpha value is -3.02. The van der Waals surface area contributed by atoms with Crippen molar-refractivity contribution in [3.05, 3.63) is 54.1 Å². The van der Waals surface area contributed by atoms with Gasteiger partial charge in [-0.05, 0) is 48.9 Å². The summed E-state index contributed by atoms with van der Waals surface area (Å²) in [6.45, 7) is 1.21. The number of anilines is 2. The van der Waals surface area contributed by atoms with Gasteiger partial charge in [0.05, 0.1) is 24.3 Å². The van der Waals surface area contributed by atoms with Crippen molar-refractivity contribution in [2.75, 3.05) is 25.5 Å². The Labute approximate surface area is 164 Å². The highest BCUT2D eigenvalue weighted by Gasteiger charge is 2.59. The summed E-state index contributed by atoms with van der Waals surface area (Å²) >= 11 is 0. The maximum Gasteiger partial charge on any atom is 0.307 e. The number of hydrogen-bond acceptors (Lipinski definition) is 4. The van der Waals surface area contributed by atoms with Crippen molar-refractivity contribution in [1.29, 1.82) is 0 Å². The molecule has 0 aromatic heterocycles. The van der Waals surface area contributed by atoms with Gasteiger partial charge in [-0.25, -0.2) is 0 Å². The average Bonchev–Trinajstić information content (AvgIpc) is 3.42. The van der Waals surface area contributed by atoms with Gasteiger partial charge in [-0.2, -0.15) is 0 Å². The average molecular weight is 380 g/mol. The van der Waals surface area contributed by atoms with E-state index in [1.54, 1.807) is 7.11 Å². The third kappa shape index (κ3) is 3.42. The molecule has 1 saturated carbocycles. The van der Waals surface area contributed by atoms with Crippen molar-refractivity contribution < 1.29 is 19.4 Å². The van der Waals surface area contributed by atoms with Crippen molar-refractivity contribution in [1.82, 2.24) is 4.90 Å². The van der Waals surface area contributed by atoms with Gasteiger partial charge in [-0.3, -0.25) is 9.59 Å². The Morgan fingerprint density at radius 1 is 1.14 bits per heavy atom. The summed E-state index contributed by atoms with van der Waals surface area (Å²) in [6.07, 6.45) is 2.28. The van der Waals surface area contributed by atoms with Gasteiger partial charge < -0.3 is 20.1 Å². The lowest BCUT2D eigenvalue weighted by Crippen LogP contribution is -2.40. The van der Waals surface area contributed by atoms with Crippen LogP contribution in [-0.2, 0) is 4.79 Å². The molecule has 0 radical (unpaired) electrons. The SMILES string of the molecule is COc1cccc(Nc2ccccc2C(=O)N2CCC3(CC2)CC3C(=O)O)c1. The Bertz CT molecular complexity index is 903. The third-order valence-electron chi connectivity index (χ3n) is 6.04. The minimum absolute atomic E-state index is 0.0200. The summed E-state index contributed by atoms with van der Waals surface area (Å²) in [5, 5.41) is 12.6. The maximum atomic E-state index is 13.1. The molecule has 6 heteroatoms. The number of para-hydroxylation sites is 1. The number of benzene rings is 2. The summed E-state index contributed by atoms with van der Waals surface area (Å²) < 4.78 is 5.26. The molecule has 1 amide bonds. The first-order chi connectivity index (χ1) is 13.5. The molecule has 1 saturated heterocycles. The second kappa shape index (κ2) is 7.19. The number of amides is 1. The first-order valence-corrected chi connectivity index (χ1v) is 9.55. The van der Waals surface area contributed by atoms with Gasteiger partial charge in [0, 0.05) is 24.8 Å². The van der Waals surface area contributed by atoms with Crippen LogP contribution in [0.4, 0.5) is 11.4 Å². The van der Waals surface area contributed by atoms with Crippen LogP contribution in [0.25, 0.3) is 0 Å². The summed E-state index contributed by atoms with van der Waals surface area (Å²) in [7, 11) is 1.62. The lowest BCUT2D eigenvalue weighted by atomic mass is 9.90. The van der Waals surface area contributed by atoms with Crippen LogP contribution >= 0.6 is 0 Å². The largest absolute Gasteiger partial charge is 0.497 e. The van der Waals surface area contributed by atoms with Crippen LogP contribution in [0.3, 0.4) is 0 Å². The molecule has 2 aromatic carbocycles. The number of rotatable bonds is 5. The predicted octanol–water partition coefficient (Wildman–Crippen LogP) is 3.77. The predicted molar refractivity (Wildman–Crippen MR) is 106 cm³/mol. The Balaban J connectivity index is 1.47. The standard InChI is InChI=1S/C22H24N2O4/c1-28-16-6-4-5-15(13-16)23-19-8-3-2-7-17(19)20(25)24-11-9-22(10-12-24)14-18(22)21(26)27/h2-8,13,18,23H,9-12,14H2,1H3,(H,26,27). The number of ether oxygens (including phenoxy) is 1. The quantitative estimate of drug-likeness (QED) is 0.826. The number of carbonyl (C=O) groups excluding carboxylic acids is 1. The molecule has 1 spiro atoms. The number of hydrogen-bond donors (Lipinski definition) is 2. The molecule has 2 aliphatic rings. The van der Waals surface area contributed by atoms with Crippen LogP contribution in [0, 0.1) is 11.3 Å². The smallest absolute Gasteiger partial charge is 0.307 e. The van der Waals surface area contributed by atoms with Gasteiger partial charge in [0.15, 0.2) is 0 Å². The lowest BCUT2D eigenvalue weighted by Gasteiger charge is -2.33. The molecular formula is C22H24N2O4. The first-order valence-electron chi connectivity index (χ1n) is 9.55. The number of likely N-dealkylation sites (tertiary alicyclic amines) is 1. The van der Waals surface area contributed by atoms with Crippen molar-refractivity contribution in [3.63, 3.8) is 0 Å². The Morgan fingerprint density at radius 3 is 2.57 bits per heavy atom. The van der Waals surface area contributed by atoms with E-state index >= 15 is 0 Å². The molecule has 146 valence electrons. The molecule has 6 nitrogen and oxygen atoms in total. The van der Waals surface area contributed by atoms with Crippen molar-refractivity contribution in [2.24, 2.45) is 11.3 Å². The lowest BCUT2D eigenvalue weighted by molar-refractivity contribution is -0.139. The Kier molecular flexibility index (Phi) is 4.71. The van der Waals surface area contributed by atoms with E-state index in [-0.39, 0.29) is 17.2 Å². The minimum Gasteiger partial charge on any atom is -0.497 e. The first kappa shape index (κ1) is 18.3. The fraction of sp³-hybridized carbons (Fsp3) is 0.364. The number of carbonyl (C=O) groups is 2. The number of nitrogens with zero attached hydrogens (tertiary/aromatic N) is 1. The van der Waals surface area contributed by atoms with E-state index in [1.807, 2.05) is 53.4 Å². The molecule has 2 N–H and O–H groups in total.